The first-order valence-electron chi connectivity index (χ1n) is 6.26. The standard InChI is InChI=1S/C12H19BrN4O2/c1-4-14-11-10(13)12(16-7-15-11)17-5-8(18-2)9(6-17)19-3/h7-9H,4-6H2,1-3H3,(H,14,15,16). The zero-order valence-electron chi connectivity index (χ0n) is 11.4. The third-order valence-electron chi connectivity index (χ3n) is 3.24. The minimum absolute atomic E-state index is 0.0643. The van der Waals surface area contributed by atoms with Crippen molar-refractivity contribution in [1.29, 1.82) is 0 Å². The van der Waals surface area contributed by atoms with E-state index >= 15 is 0 Å². The number of methoxy groups -OCH3 is 2. The number of rotatable bonds is 5. The number of anilines is 2. The number of aromatic nitrogens is 2. The summed E-state index contributed by atoms with van der Waals surface area (Å²) in [7, 11) is 3.42. The quantitative estimate of drug-likeness (QED) is 0.883. The Hall–Kier alpha value is -0.920. The minimum atomic E-state index is 0.0643. The second-order valence-electron chi connectivity index (χ2n) is 4.34. The summed E-state index contributed by atoms with van der Waals surface area (Å²) in [5, 5.41) is 3.20. The molecule has 1 aromatic rings. The zero-order chi connectivity index (χ0) is 13.8. The van der Waals surface area contributed by atoms with E-state index in [1.165, 1.54) is 0 Å². The monoisotopic (exact) mass is 330 g/mol. The van der Waals surface area contributed by atoms with Crippen LogP contribution in [0.15, 0.2) is 10.8 Å². The average Bonchev–Trinajstić information content (AvgIpc) is 2.84. The molecule has 2 atom stereocenters. The highest BCUT2D eigenvalue weighted by Crippen LogP contribution is 2.32. The Morgan fingerprint density at radius 3 is 2.47 bits per heavy atom. The number of hydrogen-bond acceptors (Lipinski definition) is 6. The Balaban J connectivity index is 2.21. The largest absolute Gasteiger partial charge is 0.377 e. The van der Waals surface area contributed by atoms with E-state index in [4.69, 9.17) is 9.47 Å². The van der Waals surface area contributed by atoms with Gasteiger partial charge in [0.2, 0.25) is 0 Å². The van der Waals surface area contributed by atoms with Crippen LogP contribution in [0.4, 0.5) is 11.6 Å². The van der Waals surface area contributed by atoms with Crippen molar-refractivity contribution in [1.82, 2.24) is 9.97 Å². The normalized spacial score (nSPS) is 22.8. The molecule has 2 heterocycles. The fraction of sp³-hybridized carbons (Fsp3) is 0.667. The Labute approximate surface area is 121 Å². The van der Waals surface area contributed by atoms with E-state index in [2.05, 4.69) is 36.1 Å². The summed E-state index contributed by atoms with van der Waals surface area (Å²) >= 11 is 3.57. The lowest BCUT2D eigenvalue weighted by molar-refractivity contribution is -0.00461. The van der Waals surface area contributed by atoms with E-state index in [1.807, 2.05) is 6.92 Å². The second-order valence-corrected chi connectivity index (χ2v) is 5.14. The van der Waals surface area contributed by atoms with E-state index in [0.29, 0.717) is 0 Å². The van der Waals surface area contributed by atoms with E-state index in [0.717, 1.165) is 35.7 Å². The van der Waals surface area contributed by atoms with Gasteiger partial charge in [0.1, 0.15) is 34.6 Å². The Bertz CT molecular complexity index is 420. The lowest BCUT2D eigenvalue weighted by atomic mass is 10.3. The molecule has 106 valence electrons. The van der Waals surface area contributed by atoms with Gasteiger partial charge in [0, 0.05) is 33.9 Å². The van der Waals surface area contributed by atoms with Crippen LogP contribution in [0, 0.1) is 0 Å². The van der Waals surface area contributed by atoms with Crippen LogP contribution in [-0.2, 0) is 9.47 Å². The van der Waals surface area contributed by atoms with Crippen LogP contribution >= 0.6 is 15.9 Å². The van der Waals surface area contributed by atoms with Crippen molar-refractivity contribution in [2.45, 2.75) is 19.1 Å². The summed E-state index contributed by atoms with van der Waals surface area (Å²) in [5.74, 6) is 1.68. The maximum atomic E-state index is 5.44. The van der Waals surface area contributed by atoms with Crippen molar-refractivity contribution in [3.63, 3.8) is 0 Å². The highest BCUT2D eigenvalue weighted by Gasteiger charge is 2.34. The topological polar surface area (TPSA) is 59.5 Å². The van der Waals surface area contributed by atoms with Gasteiger partial charge < -0.3 is 19.7 Å². The van der Waals surface area contributed by atoms with E-state index in [9.17, 15) is 0 Å². The number of halogens is 1. The van der Waals surface area contributed by atoms with Crippen LogP contribution < -0.4 is 10.2 Å². The van der Waals surface area contributed by atoms with Crippen LogP contribution in [0.5, 0.6) is 0 Å². The molecule has 1 N–H and O–H groups in total. The van der Waals surface area contributed by atoms with Crippen molar-refractivity contribution in [3.05, 3.63) is 10.8 Å². The van der Waals surface area contributed by atoms with Gasteiger partial charge in [0.15, 0.2) is 0 Å². The number of ether oxygens (including phenoxy) is 2. The molecular weight excluding hydrogens is 312 g/mol. The molecule has 7 heteroatoms. The second kappa shape index (κ2) is 6.49. The van der Waals surface area contributed by atoms with Crippen molar-refractivity contribution in [2.24, 2.45) is 0 Å². The van der Waals surface area contributed by atoms with Gasteiger partial charge in [-0.15, -0.1) is 0 Å². The predicted octanol–water partition coefficient (Wildman–Crippen LogP) is 1.52. The molecule has 0 amide bonds. The minimum Gasteiger partial charge on any atom is -0.377 e. The van der Waals surface area contributed by atoms with Crippen LogP contribution in [0.3, 0.4) is 0 Å². The summed E-state index contributed by atoms with van der Waals surface area (Å²) < 4.78 is 11.8. The summed E-state index contributed by atoms with van der Waals surface area (Å²) in [4.78, 5) is 10.7. The SMILES string of the molecule is CCNc1ncnc(N2CC(OC)C(OC)C2)c1Br. The first kappa shape index (κ1) is 14.5. The maximum Gasteiger partial charge on any atom is 0.148 e. The Kier molecular flexibility index (Phi) is 4.95. The molecule has 1 aromatic heterocycles. The predicted molar refractivity (Wildman–Crippen MR) is 77.7 cm³/mol. The first-order chi connectivity index (χ1) is 9.21. The molecule has 2 rings (SSSR count). The van der Waals surface area contributed by atoms with Gasteiger partial charge in [-0.05, 0) is 22.9 Å². The van der Waals surface area contributed by atoms with Crippen LogP contribution in [0.2, 0.25) is 0 Å². The average molecular weight is 331 g/mol. The van der Waals surface area contributed by atoms with Gasteiger partial charge in [-0.2, -0.15) is 0 Å². The molecule has 0 radical (unpaired) electrons. The molecule has 1 aliphatic rings. The number of nitrogens with zero attached hydrogens (tertiary/aromatic N) is 3. The summed E-state index contributed by atoms with van der Waals surface area (Å²) in [6.07, 6.45) is 1.70. The highest BCUT2D eigenvalue weighted by atomic mass is 79.9. The van der Waals surface area contributed by atoms with Gasteiger partial charge in [-0.1, -0.05) is 0 Å². The maximum absolute atomic E-state index is 5.44. The molecule has 19 heavy (non-hydrogen) atoms. The van der Waals surface area contributed by atoms with E-state index < -0.39 is 0 Å². The van der Waals surface area contributed by atoms with Crippen molar-refractivity contribution in [2.75, 3.05) is 44.1 Å². The molecule has 0 bridgehead atoms. The zero-order valence-corrected chi connectivity index (χ0v) is 13.0. The molecule has 0 spiro atoms. The lowest BCUT2D eigenvalue weighted by Gasteiger charge is -2.19. The molecule has 1 saturated heterocycles. The van der Waals surface area contributed by atoms with Crippen molar-refractivity contribution < 1.29 is 9.47 Å². The molecule has 0 saturated carbocycles. The molecular formula is C12H19BrN4O2. The van der Waals surface area contributed by atoms with Gasteiger partial charge in [-0.3, -0.25) is 0 Å². The summed E-state index contributed by atoms with van der Waals surface area (Å²) in [6.45, 7) is 4.37. The lowest BCUT2D eigenvalue weighted by Crippen LogP contribution is -2.27. The van der Waals surface area contributed by atoms with Gasteiger partial charge in [0.05, 0.1) is 0 Å². The smallest absolute Gasteiger partial charge is 0.148 e. The van der Waals surface area contributed by atoms with Crippen LogP contribution in [0.25, 0.3) is 0 Å². The summed E-state index contributed by atoms with van der Waals surface area (Å²) in [5.41, 5.74) is 0. The highest BCUT2D eigenvalue weighted by molar-refractivity contribution is 9.10. The Morgan fingerprint density at radius 1 is 1.32 bits per heavy atom. The fourth-order valence-corrected chi connectivity index (χ4v) is 2.84. The van der Waals surface area contributed by atoms with Crippen molar-refractivity contribution in [3.8, 4) is 0 Å². The molecule has 6 nitrogen and oxygen atoms in total. The van der Waals surface area contributed by atoms with Crippen molar-refractivity contribution >= 4 is 27.6 Å². The molecule has 0 aliphatic carbocycles. The third-order valence-corrected chi connectivity index (χ3v) is 3.97. The van der Waals surface area contributed by atoms with Crippen LogP contribution in [0.1, 0.15) is 6.92 Å². The molecule has 1 aliphatic heterocycles. The number of hydrogen-bond donors (Lipinski definition) is 1. The molecule has 2 unspecified atom stereocenters. The summed E-state index contributed by atoms with van der Waals surface area (Å²) in [6, 6.07) is 0. The van der Waals surface area contributed by atoms with Gasteiger partial charge in [-0.25, -0.2) is 9.97 Å². The Morgan fingerprint density at radius 2 is 1.95 bits per heavy atom. The third kappa shape index (κ3) is 2.98. The van der Waals surface area contributed by atoms with Gasteiger partial charge >= 0.3 is 0 Å². The van der Waals surface area contributed by atoms with E-state index in [1.54, 1.807) is 20.5 Å². The van der Waals surface area contributed by atoms with Crippen LogP contribution in [-0.4, -0.2) is 56.0 Å². The molecule has 0 aromatic carbocycles. The van der Waals surface area contributed by atoms with E-state index in [-0.39, 0.29) is 12.2 Å². The fourth-order valence-electron chi connectivity index (χ4n) is 2.24. The number of nitrogens with one attached hydrogen (secondary N) is 1. The first-order valence-corrected chi connectivity index (χ1v) is 7.05. The molecule has 1 fully saturated rings. The van der Waals surface area contributed by atoms with Gasteiger partial charge in [0.25, 0.3) is 0 Å².